The first-order chi connectivity index (χ1) is 7.16. The van der Waals surface area contributed by atoms with E-state index in [0.29, 0.717) is 4.38 Å². The van der Waals surface area contributed by atoms with E-state index < -0.39 is 4.92 Å². The van der Waals surface area contributed by atoms with E-state index in [1.165, 1.54) is 23.9 Å². The first kappa shape index (κ1) is 10.4. The van der Waals surface area contributed by atoms with Crippen molar-refractivity contribution in [3.63, 3.8) is 0 Å². The molecule has 0 N–H and O–H groups in total. The molecule has 1 atom stereocenters. The Morgan fingerprint density at radius 1 is 1.47 bits per heavy atom. The van der Waals surface area contributed by atoms with E-state index in [9.17, 15) is 10.1 Å². The Labute approximate surface area is 95.8 Å². The van der Waals surface area contributed by atoms with Crippen molar-refractivity contribution in [2.45, 2.75) is 6.10 Å². The SMILES string of the molecule is O=[N+]([O-])c1ccc(C2CSC(=S)O2)cc1. The average molecular weight is 241 g/mol. The number of thioether (sulfide) groups is 1. The second-order valence-corrected chi connectivity index (χ2v) is 4.64. The molecule has 0 spiro atoms. The molecule has 0 amide bonds. The zero-order chi connectivity index (χ0) is 10.8. The van der Waals surface area contributed by atoms with Gasteiger partial charge in [0.1, 0.15) is 6.10 Å². The molecule has 1 aliphatic rings. The number of rotatable bonds is 2. The quantitative estimate of drug-likeness (QED) is 0.452. The van der Waals surface area contributed by atoms with Crippen molar-refractivity contribution in [2.75, 3.05) is 5.75 Å². The van der Waals surface area contributed by atoms with Gasteiger partial charge in [-0.2, -0.15) is 0 Å². The molecule has 1 heterocycles. The lowest BCUT2D eigenvalue weighted by Gasteiger charge is -2.08. The molecule has 4 nitrogen and oxygen atoms in total. The Morgan fingerprint density at radius 2 is 2.13 bits per heavy atom. The first-order valence-electron chi connectivity index (χ1n) is 4.24. The minimum absolute atomic E-state index is 0.0664. The zero-order valence-electron chi connectivity index (χ0n) is 7.58. The highest BCUT2D eigenvalue weighted by Gasteiger charge is 2.23. The minimum Gasteiger partial charge on any atom is -0.469 e. The summed E-state index contributed by atoms with van der Waals surface area (Å²) in [5.74, 6) is 0.774. The second kappa shape index (κ2) is 4.16. The van der Waals surface area contributed by atoms with Crippen LogP contribution in [0.15, 0.2) is 24.3 Å². The molecular formula is C9H7NO3S2. The highest BCUT2D eigenvalue weighted by molar-refractivity contribution is 8.22. The molecule has 1 unspecified atom stereocenters. The van der Waals surface area contributed by atoms with Crippen molar-refractivity contribution in [1.29, 1.82) is 0 Å². The van der Waals surface area contributed by atoms with Crippen molar-refractivity contribution in [3.8, 4) is 0 Å². The molecule has 2 rings (SSSR count). The highest BCUT2D eigenvalue weighted by atomic mass is 32.2. The number of benzene rings is 1. The third-order valence-electron chi connectivity index (χ3n) is 2.07. The number of nitrogens with zero attached hydrogens (tertiary/aromatic N) is 1. The number of nitro groups is 1. The summed E-state index contributed by atoms with van der Waals surface area (Å²) >= 11 is 6.38. The van der Waals surface area contributed by atoms with E-state index in [1.807, 2.05) is 0 Å². The average Bonchev–Trinajstić information content (AvgIpc) is 2.65. The van der Waals surface area contributed by atoms with Crippen LogP contribution in [0.4, 0.5) is 5.69 Å². The Hall–Kier alpha value is -1.14. The molecule has 1 fully saturated rings. The normalized spacial score (nSPS) is 20.0. The molecule has 0 saturated carbocycles. The maximum Gasteiger partial charge on any atom is 0.269 e. The minimum atomic E-state index is -0.418. The van der Waals surface area contributed by atoms with Gasteiger partial charge in [-0.15, -0.1) is 0 Å². The van der Waals surface area contributed by atoms with Gasteiger partial charge in [0.05, 0.1) is 4.92 Å². The van der Waals surface area contributed by atoms with Crippen molar-refractivity contribution < 1.29 is 9.66 Å². The van der Waals surface area contributed by atoms with Crippen LogP contribution in [-0.2, 0) is 4.74 Å². The van der Waals surface area contributed by atoms with Crippen LogP contribution in [0.2, 0.25) is 0 Å². The highest BCUT2D eigenvalue weighted by Crippen LogP contribution is 2.32. The van der Waals surface area contributed by atoms with Crippen LogP contribution in [0.1, 0.15) is 11.7 Å². The van der Waals surface area contributed by atoms with E-state index in [-0.39, 0.29) is 11.8 Å². The van der Waals surface area contributed by atoms with Gasteiger partial charge < -0.3 is 4.74 Å². The van der Waals surface area contributed by atoms with Crippen LogP contribution in [0.3, 0.4) is 0 Å². The molecule has 1 aliphatic heterocycles. The number of ether oxygens (including phenoxy) is 1. The standard InChI is InChI=1S/C9H7NO3S2/c11-10(12)7-3-1-6(2-4-7)8-5-15-9(14)13-8/h1-4,8H,5H2. The van der Waals surface area contributed by atoms with E-state index in [4.69, 9.17) is 17.0 Å². The molecule has 1 saturated heterocycles. The first-order valence-corrected chi connectivity index (χ1v) is 5.64. The van der Waals surface area contributed by atoms with Crippen LogP contribution in [0, 0.1) is 10.1 Å². The second-order valence-electron chi connectivity index (χ2n) is 3.02. The fraction of sp³-hybridized carbons (Fsp3) is 0.222. The fourth-order valence-corrected chi connectivity index (χ4v) is 2.36. The molecule has 1 aromatic carbocycles. The summed E-state index contributed by atoms with van der Waals surface area (Å²) in [7, 11) is 0. The van der Waals surface area contributed by atoms with Crippen molar-refractivity contribution in [3.05, 3.63) is 39.9 Å². The van der Waals surface area contributed by atoms with Crippen LogP contribution in [0.5, 0.6) is 0 Å². The molecule has 6 heteroatoms. The van der Waals surface area contributed by atoms with Crippen LogP contribution >= 0.6 is 24.0 Å². The zero-order valence-corrected chi connectivity index (χ0v) is 9.22. The van der Waals surface area contributed by atoms with E-state index in [1.54, 1.807) is 12.1 Å². The lowest BCUT2D eigenvalue weighted by Crippen LogP contribution is -2.00. The lowest BCUT2D eigenvalue weighted by molar-refractivity contribution is -0.384. The van der Waals surface area contributed by atoms with E-state index >= 15 is 0 Å². The van der Waals surface area contributed by atoms with Gasteiger partial charge in [0, 0.05) is 17.9 Å². The summed E-state index contributed by atoms with van der Waals surface area (Å²) in [6, 6.07) is 6.37. The third-order valence-corrected chi connectivity index (χ3v) is 3.32. The van der Waals surface area contributed by atoms with Gasteiger partial charge in [0.25, 0.3) is 5.69 Å². The summed E-state index contributed by atoms with van der Waals surface area (Å²) in [5, 5.41) is 10.4. The summed E-state index contributed by atoms with van der Waals surface area (Å²) in [4.78, 5) is 10.0. The molecule has 0 aliphatic carbocycles. The Morgan fingerprint density at radius 3 is 2.60 bits per heavy atom. The van der Waals surface area contributed by atoms with Crippen molar-refractivity contribution in [2.24, 2.45) is 0 Å². The van der Waals surface area contributed by atoms with Gasteiger partial charge in [-0.1, -0.05) is 11.8 Å². The van der Waals surface area contributed by atoms with E-state index in [2.05, 4.69) is 0 Å². The van der Waals surface area contributed by atoms with Crippen molar-refractivity contribution in [1.82, 2.24) is 0 Å². The van der Waals surface area contributed by atoms with Crippen molar-refractivity contribution >= 4 is 34.0 Å². The maximum absolute atomic E-state index is 10.4. The lowest BCUT2D eigenvalue weighted by atomic mass is 10.1. The number of hydrogen-bond donors (Lipinski definition) is 0. The largest absolute Gasteiger partial charge is 0.469 e. The summed E-state index contributed by atoms with van der Waals surface area (Å²) in [6.07, 6.45) is -0.0664. The molecule has 15 heavy (non-hydrogen) atoms. The smallest absolute Gasteiger partial charge is 0.269 e. The predicted octanol–water partition coefficient (Wildman–Crippen LogP) is 2.68. The number of non-ortho nitro benzene ring substituents is 1. The van der Waals surface area contributed by atoms with Crippen LogP contribution in [0.25, 0.3) is 0 Å². The van der Waals surface area contributed by atoms with E-state index in [0.717, 1.165) is 11.3 Å². The summed E-state index contributed by atoms with van der Waals surface area (Å²) < 4.78 is 5.91. The van der Waals surface area contributed by atoms with Gasteiger partial charge in [0.15, 0.2) is 0 Å². The molecule has 1 aromatic rings. The van der Waals surface area contributed by atoms with Gasteiger partial charge in [0.2, 0.25) is 4.38 Å². The summed E-state index contributed by atoms with van der Waals surface area (Å²) in [6.45, 7) is 0. The van der Waals surface area contributed by atoms with Gasteiger partial charge in [-0.05, 0) is 29.9 Å². The molecule has 78 valence electrons. The van der Waals surface area contributed by atoms with Gasteiger partial charge >= 0.3 is 0 Å². The Kier molecular flexibility index (Phi) is 2.88. The monoisotopic (exact) mass is 241 g/mol. The number of hydrogen-bond acceptors (Lipinski definition) is 5. The van der Waals surface area contributed by atoms with Gasteiger partial charge in [-0.25, -0.2) is 0 Å². The molecule has 0 bridgehead atoms. The fourth-order valence-electron chi connectivity index (χ4n) is 1.30. The summed E-state index contributed by atoms with van der Waals surface area (Å²) in [5.41, 5.74) is 1.01. The number of thiocarbonyl (C=S) groups is 1. The molecule has 0 radical (unpaired) electrons. The van der Waals surface area contributed by atoms with Gasteiger partial charge in [-0.3, -0.25) is 10.1 Å². The number of nitro benzene ring substituents is 1. The third kappa shape index (κ3) is 2.27. The maximum atomic E-state index is 10.4. The Balaban J connectivity index is 2.17. The predicted molar refractivity (Wildman–Crippen MR) is 62.0 cm³/mol. The molecular weight excluding hydrogens is 234 g/mol. The Bertz CT molecular complexity index is 404. The molecule has 0 aromatic heterocycles. The topological polar surface area (TPSA) is 52.4 Å². The van der Waals surface area contributed by atoms with Crippen LogP contribution < -0.4 is 0 Å². The van der Waals surface area contributed by atoms with Crippen LogP contribution in [-0.4, -0.2) is 15.1 Å².